The van der Waals surface area contributed by atoms with Gasteiger partial charge >= 0.3 is 37.1 Å². The molecule has 0 aliphatic heterocycles. The maximum atomic E-state index is 13.2. The number of benzene rings is 4. The molecule has 0 bridgehead atoms. The molecule has 89 heavy (non-hydrogen) atoms. The third kappa shape index (κ3) is 30.4. The van der Waals surface area contributed by atoms with Crippen LogP contribution < -0.4 is 28.4 Å². The van der Waals surface area contributed by atoms with Gasteiger partial charge in [-0.25, -0.2) is 0 Å². The van der Waals surface area contributed by atoms with Gasteiger partial charge in [-0.15, -0.1) is 0 Å². The molecular formula is C64H80F18O7. The lowest BCUT2D eigenvalue weighted by Crippen LogP contribution is -2.11. The van der Waals surface area contributed by atoms with Crippen LogP contribution in [-0.2, 0) is 43.7 Å². The van der Waals surface area contributed by atoms with Gasteiger partial charge in [0, 0.05) is 0 Å². The molecule has 7 nitrogen and oxygen atoms in total. The highest BCUT2D eigenvalue weighted by atomic mass is 19.4. The molecule has 1 N–H and O–H groups in total. The fraction of sp³-hybridized carbons (Fsp3) is 0.625. The molecule has 0 unspecified atom stereocenters. The molecule has 504 valence electrons. The first-order chi connectivity index (χ1) is 41.9. The summed E-state index contributed by atoms with van der Waals surface area (Å²) in [6.07, 6.45) is -8.20. The quantitative estimate of drug-likeness (QED) is 0.0350. The van der Waals surface area contributed by atoms with Crippen LogP contribution >= 0.6 is 0 Å². The summed E-state index contributed by atoms with van der Waals surface area (Å²) in [5, 5.41) is 10.2. The Morgan fingerprint density at radius 1 is 0.225 bits per heavy atom. The summed E-state index contributed by atoms with van der Waals surface area (Å²) in [6.45, 7) is 0.683. The Balaban J connectivity index is 1.16. The van der Waals surface area contributed by atoms with Crippen LogP contribution in [0.3, 0.4) is 0 Å². The molecular weight excluding hydrogens is 1220 g/mol. The van der Waals surface area contributed by atoms with Gasteiger partial charge in [0.05, 0.1) is 79.6 Å². The Bertz CT molecular complexity index is 2410. The number of rotatable bonds is 43. The molecule has 0 saturated heterocycles. The zero-order valence-corrected chi connectivity index (χ0v) is 49.6. The Morgan fingerprint density at radius 2 is 0.404 bits per heavy atom. The monoisotopic (exact) mass is 1300 g/mol. The lowest BCUT2D eigenvalue weighted by atomic mass is 10.1. The molecule has 0 amide bonds. The van der Waals surface area contributed by atoms with E-state index in [-0.39, 0.29) is 44.6 Å². The molecule has 0 radical (unpaired) electrons. The first-order valence-corrected chi connectivity index (χ1v) is 30.4. The highest BCUT2D eigenvalue weighted by Crippen LogP contribution is 2.43. The van der Waals surface area contributed by atoms with Crippen LogP contribution in [0.4, 0.5) is 79.0 Å². The summed E-state index contributed by atoms with van der Waals surface area (Å²) >= 11 is 0. The van der Waals surface area contributed by atoms with Crippen molar-refractivity contribution in [1.29, 1.82) is 0 Å². The second-order valence-corrected chi connectivity index (χ2v) is 21.9. The van der Waals surface area contributed by atoms with E-state index in [9.17, 15) is 84.1 Å². The first kappa shape index (κ1) is 75.8. The molecule has 4 aromatic rings. The molecule has 0 aromatic heterocycles. The van der Waals surface area contributed by atoms with Crippen molar-refractivity contribution in [1.82, 2.24) is 0 Å². The van der Waals surface area contributed by atoms with Crippen molar-refractivity contribution in [3.63, 3.8) is 0 Å². The molecule has 0 heterocycles. The van der Waals surface area contributed by atoms with Gasteiger partial charge in [-0.05, 0) is 111 Å². The number of hydrogen-bond donors (Lipinski definition) is 1. The minimum Gasteiger partial charge on any atom is -0.494 e. The Hall–Kier alpha value is -5.62. The summed E-state index contributed by atoms with van der Waals surface area (Å²) < 4.78 is 272. The highest BCUT2D eigenvalue weighted by molar-refractivity contribution is 5.54. The number of unbranched alkanes of at least 4 members (excludes halogenated alkanes) is 24. The van der Waals surface area contributed by atoms with E-state index in [2.05, 4.69) is 0 Å². The summed E-state index contributed by atoms with van der Waals surface area (Å²) in [6, 6.07) is 6.95. The van der Waals surface area contributed by atoms with Gasteiger partial charge < -0.3 is 33.5 Å². The van der Waals surface area contributed by atoms with Gasteiger partial charge in [0.15, 0.2) is 11.5 Å². The van der Waals surface area contributed by atoms with E-state index >= 15 is 0 Å². The van der Waals surface area contributed by atoms with Crippen LogP contribution in [0.5, 0.6) is 34.5 Å². The van der Waals surface area contributed by atoms with E-state index in [0.717, 1.165) is 116 Å². The van der Waals surface area contributed by atoms with E-state index in [4.69, 9.17) is 28.4 Å². The van der Waals surface area contributed by atoms with Crippen molar-refractivity contribution < 1.29 is 113 Å². The van der Waals surface area contributed by atoms with Crippen LogP contribution in [0.2, 0.25) is 0 Å². The normalized spacial score (nSPS) is 12.6. The molecule has 0 atom stereocenters. The minimum atomic E-state index is -4.96. The van der Waals surface area contributed by atoms with Crippen LogP contribution in [0, 0.1) is 0 Å². The van der Waals surface area contributed by atoms with Crippen molar-refractivity contribution >= 4 is 0 Å². The predicted molar refractivity (Wildman–Crippen MR) is 299 cm³/mol. The molecule has 4 rings (SSSR count). The molecule has 25 heteroatoms. The van der Waals surface area contributed by atoms with Crippen LogP contribution in [0.15, 0.2) is 66.7 Å². The van der Waals surface area contributed by atoms with Crippen molar-refractivity contribution in [3.05, 3.63) is 106 Å². The average Bonchev–Trinajstić information content (AvgIpc) is 1.58. The van der Waals surface area contributed by atoms with Gasteiger partial charge in [-0.3, -0.25) is 0 Å². The van der Waals surface area contributed by atoms with E-state index in [1.165, 1.54) is 0 Å². The maximum Gasteiger partial charge on any atom is 0.416 e. The number of hydrogen-bond acceptors (Lipinski definition) is 7. The van der Waals surface area contributed by atoms with E-state index in [0.29, 0.717) is 137 Å². The smallest absolute Gasteiger partial charge is 0.416 e. The minimum absolute atomic E-state index is 0.0269. The Labute approximate surface area is 508 Å². The zero-order chi connectivity index (χ0) is 65.6. The third-order valence-corrected chi connectivity index (χ3v) is 14.4. The lowest BCUT2D eigenvalue weighted by molar-refractivity contribution is -0.144. The molecule has 0 spiro atoms. The SMILES string of the molecule is OCc1cc(OCCCCCCCCCCCOc2cc(C(F)(F)F)cc(C(F)(F)F)c2)c(OCCCCCCCCCCCOc2cc(C(F)(F)F)cc(C(F)(F)F)c2)c(OCCCCCCCCCCCOc2cc(C(F)(F)F)cc(C(F)(F)F)c2)c1. The number of alkyl halides is 18. The second-order valence-electron chi connectivity index (χ2n) is 21.9. The van der Waals surface area contributed by atoms with Gasteiger partial charge in [0.2, 0.25) is 5.75 Å². The van der Waals surface area contributed by atoms with Crippen LogP contribution in [-0.4, -0.2) is 44.7 Å². The fourth-order valence-corrected chi connectivity index (χ4v) is 9.54. The summed E-state index contributed by atoms with van der Waals surface area (Å²) in [4.78, 5) is 0. The Kier molecular flexibility index (Phi) is 32.1. The summed E-state index contributed by atoms with van der Waals surface area (Å²) in [5.41, 5.74) is -8.05. The molecule has 0 aliphatic rings. The largest absolute Gasteiger partial charge is 0.494 e. The molecule has 4 aromatic carbocycles. The fourth-order valence-electron chi connectivity index (χ4n) is 9.54. The van der Waals surface area contributed by atoms with Gasteiger partial charge in [0.25, 0.3) is 0 Å². The summed E-state index contributed by atoms with van der Waals surface area (Å²) in [7, 11) is 0. The Morgan fingerprint density at radius 3 is 0.596 bits per heavy atom. The average molecular weight is 1300 g/mol. The van der Waals surface area contributed by atoms with Crippen molar-refractivity contribution in [3.8, 4) is 34.5 Å². The van der Waals surface area contributed by atoms with Crippen LogP contribution in [0.1, 0.15) is 212 Å². The van der Waals surface area contributed by atoms with Crippen molar-refractivity contribution in [2.45, 2.75) is 217 Å². The number of halogens is 18. The van der Waals surface area contributed by atoms with E-state index < -0.39 is 87.7 Å². The summed E-state index contributed by atoms with van der Waals surface area (Å²) in [5.74, 6) is -0.209. The number of ether oxygens (including phenoxy) is 6. The van der Waals surface area contributed by atoms with Crippen LogP contribution in [0.25, 0.3) is 0 Å². The molecule has 0 aliphatic carbocycles. The third-order valence-electron chi connectivity index (χ3n) is 14.4. The van der Waals surface area contributed by atoms with Crippen molar-refractivity contribution in [2.24, 2.45) is 0 Å². The maximum absolute atomic E-state index is 13.2. The van der Waals surface area contributed by atoms with Gasteiger partial charge in [-0.2, -0.15) is 79.0 Å². The van der Waals surface area contributed by atoms with Gasteiger partial charge in [0.1, 0.15) is 17.2 Å². The van der Waals surface area contributed by atoms with Crippen molar-refractivity contribution in [2.75, 3.05) is 39.6 Å². The van der Waals surface area contributed by atoms with Gasteiger partial charge in [-0.1, -0.05) is 135 Å². The standard InChI is InChI=1S/C64H80F18O7/c65-59(66,67)47-36-48(60(68,69)70)40-53(39-47)84-28-22-16-10-4-1-7-13-19-25-31-87-56-34-46(45-83)35-57(88-32-26-20-14-8-2-5-11-17-23-29-85-54-41-49(61(71,72)73)37-50(42-54)62(74,75)76)58(56)89-33-27-21-15-9-3-6-12-18-24-30-86-55-43-51(63(77,78)79)38-52(44-55)64(80,81)82/h34-44,83H,1-33,45H2. The van der Waals surface area contributed by atoms with E-state index in [1.54, 1.807) is 12.1 Å². The molecule has 0 saturated carbocycles. The number of aliphatic hydroxyl groups is 1. The second kappa shape index (κ2) is 37.6. The number of aliphatic hydroxyl groups excluding tert-OH is 1. The predicted octanol–water partition coefficient (Wildman–Crippen LogP) is 22.2. The first-order valence-electron chi connectivity index (χ1n) is 30.4. The topological polar surface area (TPSA) is 75.6 Å². The lowest BCUT2D eigenvalue weighted by Gasteiger charge is -2.18. The molecule has 0 fully saturated rings. The van der Waals surface area contributed by atoms with E-state index in [1.807, 2.05) is 0 Å². The zero-order valence-electron chi connectivity index (χ0n) is 49.6. The highest BCUT2D eigenvalue weighted by Gasteiger charge is 2.40.